The van der Waals surface area contributed by atoms with Gasteiger partial charge in [0.05, 0.1) is 18.9 Å². The Kier molecular flexibility index (Phi) is 3.04. The number of amides is 1. The van der Waals surface area contributed by atoms with Gasteiger partial charge in [0.25, 0.3) is 0 Å². The number of rotatable bonds is 3. The minimum atomic E-state index is -0.340. The van der Waals surface area contributed by atoms with Gasteiger partial charge in [0, 0.05) is 0 Å². The molecule has 0 aliphatic heterocycles. The maximum absolute atomic E-state index is 10.5. The van der Waals surface area contributed by atoms with Crippen LogP contribution in [0, 0.1) is 11.3 Å². The van der Waals surface area contributed by atoms with Gasteiger partial charge in [0.2, 0.25) is 5.91 Å². The molecule has 0 unspecified atom stereocenters. The fourth-order valence-electron chi connectivity index (χ4n) is 1.07. The van der Waals surface area contributed by atoms with Gasteiger partial charge in [-0.2, -0.15) is 5.26 Å². The van der Waals surface area contributed by atoms with Crippen LogP contribution < -0.4 is 5.73 Å². The lowest BCUT2D eigenvalue weighted by atomic mass is 10.1. The van der Waals surface area contributed by atoms with E-state index in [-0.39, 0.29) is 12.3 Å². The Bertz CT molecular complexity index is 335. The number of carbonyl (C=O) groups is 1. The van der Waals surface area contributed by atoms with E-state index in [1.54, 1.807) is 0 Å². The fraction of sp³-hybridized carbons (Fsp3) is 0.200. The predicted molar refractivity (Wildman–Crippen MR) is 48.7 cm³/mol. The third-order valence-electron chi connectivity index (χ3n) is 1.68. The lowest BCUT2D eigenvalue weighted by Crippen LogP contribution is -2.13. The lowest BCUT2D eigenvalue weighted by molar-refractivity contribution is -0.117. The molecule has 13 heavy (non-hydrogen) atoms. The summed E-state index contributed by atoms with van der Waals surface area (Å²) in [7, 11) is 0. The van der Waals surface area contributed by atoms with E-state index in [4.69, 9.17) is 11.0 Å². The van der Waals surface area contributed by atoms with Gasteiger partial charge in [0.15, 0.2) is 0 Å². The first-order valence-corrected chi connectivity index (χ1v) is 3.95. The SMILES string of the molecule is N#CCc1ccc(CC(N)=O)cc1. The highest BCUT2D eigenvalue weighted by molar-refractivity contribution is 5.76. The van der Waals surface area contributed by atoms with Crippen molar-refractivity contribution >= 4 is 5.91 Å². The second kappa shape index (κ2) is 4.27. The molecule has 3 nitrogen and oxygen atoms in total. The minimum Gasteiger partial charge on any atom is -0.369 e. The molecule has 0 saturated heterocycles. The van der Waals surface area contributed by atoms with Gasteiger partial charge in [-0.05, 0) is 11.1 Å². The summed E-state index contributed by atoms with van der Waals surface area (Å²) in [5, 5.41) is 8.41. The molecular formula is C10H10N2O. The number of nitriles is 1. The van der Waals surface area contributed by atoms with Gasteiger partial charge in [-0.15, -0.1) is 0 Å². The Hall–Kier alpha value is -1.82. The zero-order valence-corrected chi connectivity index (χ0v) is 7.16. The number of hydrogen-bond acceptors (Lipinski definition) is 2. The molecule has 0 atom stereocenters. The largest absolute Gasteiger partial charge is 0.369 e. The highest BCUT2D eigenvalue weighted by Gasteiger charge is 1.97. The second-order valence-electron chi connectivity index (χ2n) is 2.79. The van der Waals surface area contributed by atoms with Gasteiger partial charge in [-0.25, -0.2) is 0 Å². The van der Waals surface area contributed by atoms with Crippen LogP contribution >= 0.6 is 0 Å². The molecule has 1 aromatic carbocycles. The highest BCUT2D eigenvalue weighted by atomic mass is 16.1. The van der Waals surface area contributed by atoms with Crippen LogP contribution in [0.4, 0.5) is 0 Å². The summed E-state index contributed by atoms with van der Waals surface area (Å²) in [5.41, 5.74) is 6.87. The molecule has 0 radical (unpaired) electrons. The van der Waals surface area contributed by atoms with Crippen LogP contribution in [0.1, 0.15) is 11.1 Å². The number of nitrogens with two attached hydrogens (primary N) is 1. The van der Waals surface area contributed by atoms with E-state index >= 15 is 0 Å². The van der Waals surface area contributed by atoms with Crippen molar-refractivity contribution in [1.82, 2.24) is 0 Å². The first kappa shape index (κ1) is 9.27. The standard InChI is InChI=1S/C10H10N2O/c11-6-5-8-1-3-9(4-2-8)7-10(12)13/h1-4H,5,7H2,(H2,12,13). The summed E-state index contributed by atoms with van der Waals surface area (Å²) >= 11 is 0. The monoisotopic (exact) mass is 174 g/mol. The normalized spacial score (nSPS) is 9.15. The van der Waals surface area contributed by atoms with Gasteiger partial charge in [0.1, 0.15) is 0 Å². The van der Waals surface area contributed by atoms with E-state index in [1.807, 2.05) is 24.3 Å². The summed E-state index contributed by atoms with van der Waals surface area (Å²) in [6, 6.07) is 9.36. The second-order valence-corrected chi connectivity index (χ2v) is 2.79. The van der Waals surface area contributed by atoms with Crippen molar-refractivity contribution in [2.24, 2.45) is 5.73 Å². The van der Waals surface area contributed by atoms with Crippen molar-refractivity contribution in [3.05, 3.63) is 35.4 Å². The summed E-state index contributed by atoms with van der Waals surface area (Å²) in [5.74, 6) is -0.340. The fourth-order valence-corrected chi connectivity index (χ4v) is 1.07. The summed E-state index contributed by atoms with van der Waals surface area (Å²) < 4.78 is 0. The van der Waals surface area contributed by atoms with E-state index in [9.17, 15) is 4.79 Å². The Balaban J connectivity index is 2.70. The maximum atomic E-state index is 10.5. The molecular weight excluding hydrogens is 164 g/mol. The van der Waals surface area contributed by atoms with Crippen LogP contribution in [-0.4, -0.2) is 5.91 Å². The Morgan fingerprint density at radius 2 is 1.85 bits per heavy atom. The summed E-state index contributed by atoms with van der Waals surface area (Å²) in [6.07, 6.45) is 0.656. The van der Waals surface area contributed by atoms with Crippen molar-refractivity contribution in [3.63, 3.8) is 0 Å². The molecule has 66 valence electrons. The number of hydrogen-bond donors (Lipinski definition) is 1. The third kappa shape index (κ3) is 2.96. The lowest BCUT2D eigenvalue weighted by Gasteiger charge is -1.98. The molecule has 3 heteroatoms. The van der Waals surface area contributed by atoms with E-state index in [0.717, 1.165) is 11.1 Å². The van der Waals surface area contributed by atoms with Crippen LogP contribution in [0.25, 0.3) is 0 Å². The molecule has 0 aliphatic carbocycles. The van der Waals surface area contributed by atoms with E-state index in [1.165, 1.54) is 0 Å². The van der Waals surface area contributed by atoms with Gasteiger partial charge in [-0.3, -0.25) is 4.79 Å². The molecule has 0 fully saturated rings. The predicted octanol–water partition coefficient (Wildman–Crippen LogP) is 0.780. The van der Waals surface area contributed by atoms with Crippen LogP contribution in [0.15, 0.2) is 24.3 Å². The molecule has 0 aromatic heterocycles. The molecule has 2 N–H and O–H groups in total. The first-order valence-electron chi connectivity index (χ1n) is 3.95. The van der Waals surface area contributed by atoms with Crippen LogP contribution in [0.2, 0.25) is 0 Å². The average Bonchev–Trinajstić information content (AvgIpc) is 2.08. The van der Waals surface area contributed by atoms with E-state index < -0.39 is 0 Å². The highest BCUT2D eigenvalue weighted by Crippen LogP contribution is 2.05. The van der Waals surface area contributed by atoms with Crippen molar-refractivity contribution in [3.8, 4) is 6.07 Å². The quantitative estimate of drug-likeness (QED) is 0.735. The zero-order valence-electron chi connectivity index (χ0n) is 7.16. The average molecular weight is 174 g/mol. The summed E-state index contributed by atoms with van der Waals surface area (Å²) in [4.78, 5) is 10.5. The zero-order chi connectivity index (χ0) is 9.68. The van der Waals surface area contributed by atoms with Crippen molar-refractivity contribution in [1.29, 1.82) is 5.26 Å². The topological polar surface area (TPSA) is 66.9 Å². The smallest absolute Gasteiger partial charge is 0.221 e. The van der Waals surface area contributed by atoms with Crippen LogP contribution in [0.5, 0.6) is 0 Å². The van der Waals surface area contributed by atoms with E-state index in [2.05, 4.69) is 6.07 Å². The molecule has 0 bridgehead atoms. The van der Waals surface area contributed by atoms with Crippen LogP contribution in [-0.2, 0) is 17.6 Å². The third-order valence-corrected chi connectivity index (χ3v) is 1.68. The Morgan fingerprint density at radius 1 is 1.31 bits per heavy atom. The van der Waals surface area contributed by atoms with E-state index in [0.29, 0.717) is 6.42 Å². The Labute approximate surface area is 76.8 Å². The van der Waals surface area contributed by atoms with Gasteiger partial charge >= 0.3 is 0 Å². The maximum Gasteiger partial charge on any atom is 0.221 e. The number of primary amides is 1. The van der Waals surface area contributed by atoms with Crippen molar-refractivity contribution in [2.45, 2.75) is 12.8 Å². The minimum absolute atomic E-state index is 0.257. The summed E-state index contributed by atoms with van der Waals surface area (Å²) in [6.45, 7) is 0. The van der Waals surface area contributed by atoms with Crippen molar-refractivity contribution < 1.29 is 4.79 Å². The first-order chi connectivity index (χ1) is 6.22. The molecule has 1 aromatic rings. The molecule has 1 amide bonds. The Morgan fingerprint density at radius 3 is 2.31 bits per heavy atom. The molecule has 0 heterocycles. The number of nitrogens with zero attached hydrogens (tertiary/aromatic N) is 1. The number of carbonyl (C=O) groups excluding carboxylic acids is 1. The van der Waals surface area contributed by atoms with Gasteiger partial charge in [-0.1, -0.05) is 24.3 Å². The van der Waals surface area contributed by atoms with Crippen LogP contribution in [0.3, 0.4) is 0 Å². The molecule has 0 aliphatic rings. The number of benzene rings is 1. The molecule has 0 spiro atoms. The molecule has 0 saturated carbocycles. The van der Waals surface area contributed by atoms with Gasteiger partial charge < -0.3 is 5.73 Å². The van der Waals surface area contributed by atoms with Crippen molar-refractivity contribution in [2.75, 3.05) is 0 Å². The molecule has 1 rings (SSSR count).